The van der Waals surface area contributed by atoms with Gasteiger partial charge < -0.3 is 0 Å². The van der Waals surface area contributed by atoms with Crippen LogP contribution < -0.4 is 0 Å². The number of rotatable bonds is 7. The van der Waals surface area contributed by atoms with Crippen molar-refractivity contribution in [2.75, 3.05) is 0 Å². The zero-order valence-electron chi connectivity index (χ0n) is 14.9. The maximum absolute atomic E-state index is 9.86. The molecule has 0 saturated heterocycles. The summed E-state index contributed by atoms with van der Waals surface area (Å²) in [7, 11) is 0. The Balaban J connectivity index is 1.89. The molecule has 124 valence electrons. The van der Waals surface area contributed by atoms with E-state index in [1.807, 2.05) is 0 Å². The molecule has 0 unspecified atom stereocenters. The molecule has 0 radical (unpaired) electrons. The van der Waals surface area contributed by atoms with Crippen LogP contribution in [0.1, 0.15) is 97.3 Å². The Morgan fingerprint density at radius 2 is 1.82 bits per heavy atom. The van der Waals surface area contributed by atoms with Crippen molar-refractivity contribution in [1.29, 1.82) is 5.26 Å². The molecule has 2 aliphatic carbocycles. The van der Waals surface area contributed by atoms with E-state index in [0.29, 0.717) is 0 Å². The number of unbranched alkanes of at least 4 members (excludes halogenated alkanes) is 2. The molecule has 1 heteroatoms. The summed E-state index contributed by atoms with van der Waals surface area (Å²) in [5.74, 6) is 1.78. The first kappa shape index (κ1) is 17.6. The summed E-state index contributed by atoms with van der Waals surface area (Å²) in [4.78, 5) is 0. The summed E-state index contributed by atoms with van der Waals surface area (Å²) in [5.41, 5.74) is 1.43. The van der Waals surface area contributed by atoms with E-state index in [2.05, 4.69) is 26.0 Å². The van der Waals surface area contributed by atoms with E-state index in [4.69, 9.17) is 0 Å². The molecule has 0 bridgehead atoms. The molecule has 0 aromatic carbocycles. The van der Waals surface area contributed by atoms with Crippen molar-refractivity contribution in [2.45, 2.75) is 97.3 Å². The molecule has 0 spiro atoms. The van der Waals surface area contributed by atoms with Gasteiger partial charge in [0.25, 0.3) is 0 Å². The molecule has 0 N–H and O–H groups in total. The summed E-state index contributed by atoms with van der Waals surface area (Å²) in [5, 5.41) is 9.86. The topological polar surface area (TPSA) is 23.8 Å². The van der Waals surface area contributed by atoms with Crippen molar-refractivity contribution in [3.8, 4) is 6.07 Å². The molecule has 0 aromatic heterocycles. The van der Waals surface area contributed by atoms with Crippen LogP contribution in [-0.2, 0) is 0 Å². The van der Waals surface area contributed by atoms with Crippen molar-refractivity contribution in [2.24, 2.45) is 17.3 Å². The second kappa shape index (κ2) is 8.76. The lowest BCUT2D eigenvalue weighted by atomic mass is 9.64. The highest BCUT2D eigenvalue weighted by Crippen LogP contribution is 2.48. The Morgan fingerprint density at radius 1 is 1.05 bits per heavy atom. The molecular weight excluding hydrogens is 266 g/mol. The summed E-state index contributed by atoms with van der Waals surface area (Å²) in [6.45, 7) is 4.57. The highest BCUT2D eigenvalue weighted by atomic mass is 14.4. The zero-order valence-corrected chi connectivity index (χ0v) is 14.9. The molecule has 1 atom stereocenters. The number of nitrogens with zero attached hydrogens (tertiary/aromatic N) is 1. The minimum absolute atomic E-state index is 0.0847. The Morgan fingerprint density at radius 3 is 2.36 bits per heavy atom. The van der Waals surface area contributed by atoms with Crippen molar-refractivity contribution < 1.29 is 0 Å². The third-order valence-electron chi connectivity index (χ3n) is 6.22. The summed E-state index contributed by atoms with van der Waals surface area (Å²) in [6.07, 6.45) is 19.2. The van der Waals surface area contributed by atoms with Gasteiger partial charge >= 0.3 is 0 Å². The van der Waals surface area contributed by atoms with Gasteiger partial charge in [-0.2, -0.15) is 5.26 Å². The van der Waals surface area contributed by atoms with Crippen LogP contribution in [0.5, 0.6) is 0 Å². The summed E-state index contributed by atoms with van der Waals surface area (Å²) < 4.78 is 0. The summed E-state index contributed by atoms with van der Waals surface area (Å²) in [6, 6.07) is 2.75. The first-order valence-corrected chi connectivity index (χ1v) is 9.84. The van der Waals surface area contributed by atoms with Crippen LogP contribution in [0.2, 0.25) is 0 Å². The molecule has 22 heavy (non-hydrogen) atoms. The van der Waals surface area contributed by atoms with Gasteiger partial charge in [0.05, 0.1) is 11.5 Å². The average Bonchev–Trinajstić information content (AvgIpc) is 2.57. The zero-order chi connectivity index (χ0) is 15.8. The van der Waals surface area contributed by atoms with Gasteiger partial charge in [0.2, 0.25) is 0 Å². The second-order valence-corrected chi connectivity index (χ2v) is 7.79. The van der Waals surface area contributed by atoms with Crippen LogP contribution in [-0.4, -0.2) is 0 Å². The molecule has 2 aliphatic rings. The van der Waals surface area contributed by atoms with E-state index >= 15 is 0 Å². The quantitative estimate of drug-likeness (QED) is 0.375. The van der Waals surface area contributed by atoms with E-state index in [0.717, 1.165) is 24.7 Å². The number of hydrogen-bond acceptors (Lipinski definition) is 1. The van der Waals surface area contributed by atoms with Crippen LogP contribution in [0.4, 0.5) is 0 Å². The largest absolute Gasteiger partial charge is 0.197 e. The number of allylic oxidation sites excluding steroid dienone is 2. The third-order valence-corrected chi connectivity index (χ3v) is 6.22. The second-order valence-electron chi connectivity index (χ2n) is 7.79. The molecular formula is C21H35N. The van der Waals surface area contributed by atoms with Gasteiger partial charge in [-0.1, -0.05) is 64.0 Å². The fourth-order valence-corrected chi connectivity index (χ4v) is 4.64. The fourth-order valence-electron chi connectivity index (χ4n) is 4.64. The van der Waals surface area contributed by atoms with Gasteiger partial charge in [0.15, 0.2) is 0 Å². The van der Waals surface area contributed by atoms with Crippen molar-refractivity contribution in [3.63, 3.8) is 0 Å². The fraction of sp³-hybridized carbons (Fsp3) is 0.857. The van der Waals surface area contributed by atoms with E-state index in [-0.39, 0.29) is 5.41 Å². The van der Waals surface area contributed by atoms with Gasteiger partial charge in [0, 0.05) is 0 Å². The average molecular weight is 302 g/mol. The molecule has 1 fully saturated rings. The van der Waals surface area contributed by atoms with Crippen molar-refractivity contribution in [3.05, 3.63) is 11.6 Å². The first-order chi connectivity index (χ1) is 10.7. The van der Waals surface area contributed by atoms with Gasteiger partial charge in [0.1, 0.15) is 0 Å². The van der Waals surface area contributed by atoms with Crippen molar-refractivity contribution in [1.82, 2.24) is 0 Å². The number of nitriles is 1. The molecule has 1 nitrogen and oxygen atoms in total. The highest BCUT2D eigenvalue weighted by molar-refractivity contribution is 5.26. The molecule has 0 aromatic rings. The Bertz CT molecular complexity index is 393. The van der Waals surface area contributed by atoms with Gasteiger partial charge in [-0.15, -0.1) is 0 Å². The normalized spacial score (nSPS) is 32.3. The maximum Gasteiger partial charge on any atom is 0.0782 e. The predicted octanol–water partition coefficient (Wildman–Crippen LogP) is 6.79. The minimum atomic E-state index is -0.0847. The van der Waals surface area contributed by atoms with Crippen molar-refractivity contribution >= 4 is 0 Å². The molecule has 0 heterocycles. The van der Waals surface area contributed by atoms with Gasteiger partial charge in [-0.05, 0) is 56.8 Å². The lowest BCUT2D eigenvalue weighted by molar-refractivity contribution is 0.223. The first-order valence-electron chi connectivity index (χ1n) is 9.84. The van der Waals surface area contributed by atoms with E-state index < -0.39 is 0 Å². The Hall–Kier alpha value is -0.770. The van der Waals surface area contributed by atoms with Crippen LogP contribution in [0, 0.1) is 28.6 Å². The lowest BCUT2D eigenvalue weighted by Crippen LogP contribution is -2.29. The third kappa shape index (κ3) is 4.37. The van der Waals surface area contributed by atoms with E-state index in [1.54, 1.807) is 0 Å². The lowest BCUT2D eigenvalue weighted by Gasteiger charge is -2.39. The van der Waals surface area contributed by atoms with Gasteiger partial charge in [-0.3, -0.25) is 0 Å². The van der Waals surface area contributed by atoms with Crippen LogP contribution >= 0.6 is 0 Å². The molecule has 0 aliphatic heterocycles. The molecule has 1 saturated carbocycles. The van der Waals surface area contributed by atoms with Crippen LogP contribution in [0.25, 0.3) is 0 Å². The highest BCUT2D eigenvalue weighted by Gasteiger charge is 2.39. The van der Waals surface area contributed by atoms with Crippen LogP contribution in [0.3, 0.4) is 0 Å². The van der Waals surface area contributed by atoms with Crippen LogP contribution in [0.15, 0.2) is 11.6 Å². The van der Waals surface area contributed by atoms with E-state index in [1.165, 1.54) is 76.2 Å². The maximum atomic E-state index is 9.86. The summed E-state index contributed by atoms with van der Waals surface area (Å²) >= 11 is 0. The Kier molecular flexibility index (Phi) is 7.00. The van der Waals surface area contributed by atoms with Gasteiger partial charge in [-0.25, -0.2) is 0 Å². The smallest absolute Gasteiger partial charge is 0.0782 e. The standard InChI is InChI=1S/C21H35N/c1-3-5-6-8-19-9-11-20(12-10-19)21(17-22)15-13-18(7-4-2)14-16-21/h11,18-19H,3-10,12-16H2,1-2H3/t18?,19-,21?/m0/s1. The Labute approximate surface area is 138 Å². The number of hydrogen-bond donors (Lipinski definition) is 0. The molecule has 2 rings (SSSR count). The monoisotopic (exact) mass is 301 g/mol. The minimum Gasteiger partial charge on any atom is -0.197 e. The van der Waals surface area contributed by atoms with E-state index in [9.17, 15) is 5.26 Å². The SMILES string of the molecule is CCCCC[C@H]1CC=C(C2(C#N)CCC(CCC)CC2)CC1. The molecule has 0 amide bonds. The predicted molar refractivity (Wildman–Crippen MR) is 94.5 cm³/mol.